The fourth-order valence-corrected chi connectivity index (χ4v) is 1.98. The van der Waals surface area contributed by atoms with Crippen molar-refractivity contribution in [3.63, 3.8) is 0 Å². The number of halogens is 3. The molecule has 0 spiro atoms. The van der Waals surface area contributed by atoms with Crippen LogP contribution in [0.5, 0.6) is 0 Å². The Bertz CT molecular complexity index is 667. The SMILES string of the molecule is NCCCCNC(=O)c1cccc(-n2ccc(C(F)(F)F)n2)c1. The number of alkyl halides is 3. The predicted octanol–water partition coefficient (Wildman–Crippen LogP) is 2.36. The Morgan fingerprint density at radius 2 is 2.04 bits per heavy atom. The van der Waals surface area contributed by atoms with Gasteiger partial charge < -0.3 is 11.1 Å². The lowest BCUT2D eigenvalue weighted by Crippen LogP contribution is -2.25. The van der Waals surface area contributed by atoms with Crippen LogP contribution in [-0.2, 0) is 6.18 Å². The van der Waals surface area contributed by atoms with Crippen molar-refractivity contribution in [1.29, 1.82) is 0 Å². The van der Waals surface area contributed by atoms with Gasteiger partial charge in [-0.25, -0.2) is 4.68 Å². The van der Waals surface area contributed by atoms with Crippen LogP contribution < -0.4 is 11.1 Å². The molecule has 0 aliphatic rings. The molecule has 3 N–H and O–H groups in total. The summed E-state index contributed by atoms with van der Waals surface area (Å²) in [6, 6.07) is 7.15. The molecule has 0 fully saturated rings. The number of hydrogen-bond acceptors (Lipinski definition) is 3. The van der Waals surface area contributed by atoms with Crippen LogP contribution in [0, 0.1) is 0 Å². The van der Waals surface area contributed by atoms with Gasteiger partial charge >= 0.3 is 6.18 Å². The second-order valence-corrected chi connectivity index (χ2v) is 4.95. The van der Waals surface area contributed by atoms with Crippen molar-refractivity contribution < 1.29 is 18.0 Å². The first kappa shape index (κ1) is 17.0. The molecule has 2 rings (SSSR count). The molecule has 8 heteroatoms. The summed E-state index contributed by atoms with van der Waals surface area (Å²) < 4.78 is 38.8. The molecule has 0 saturated carbocycles. The lowest BCUT2D eigenvalue weighted by molar-refractivity contribution is -0.141. The number of hydrogen-bond donors (Lipinski definition) is 2. The van der Waals surface area contributed by atoms with Crippen molar-refractivity contribution in [3.8, 4) is 5.69 Å². The molecule has 1 aromatic heterocycles. The molecule has 0 aliphatic heterocycles. The quantitative estimate of drug-likeness (QED) is 0.801. The van der Waals surface area contributed by atoms with Crippen LogP contribution in [0.15, 0.2) is 36.5 Å². The van der Waals surface area contributed by atoms with Crippen molar-refractivity contribution in [2.45, 2.75) is 19.0 Å². The molecule has 0 atom stereocenters. The van der Waals surface area contributed by atoms with E-state index in [9.17, 15) is 18.0 Å². The standard InChI is InChI=1S/C15H17F3N4O/c16-15(17,18)13-6-9-22(21-13)12-5-3-4-11(10-12)14(23)20-8-2-1-7-19/h3-6,9-10H,1-2,7-8,19H2,(H,20,23). The summed E-state index contributed by atoms with van der Waals surface area (Å²) in [5, 5.41) is 6.22. The van der Waals surface area contributed by atoms with Crippen molar-refractivity contribution in [3.05, 3.63) is 47.8 Å². The van der Waals surface area contributed by atoms with E-state index in [2.05, 4.69) is 10.4 Å². The Morgan fingerprint density at radius 1 is 1.26 bits per heavy atom. The van der Waals surface area contributed by atoms with E-state index in [4.69, 9.17) is 5.73 Å². The largest absolute Gasteiger partial charge is 0.435 e. The van der Waals surface area contributed by atoms with E-state index in [1.54, 1.807) is 18.2 Å². The molecule has 0 unspecified atom stereocenters. The zero-order valence-electron chi connectivity index (χ0n) is 12.3. The van der Waals surface area contributed by atoms with Crippen LogP contribution in [0.25, 0.3) is 5.69 Å². The average Bonchev–Trinajstić information content (AvgIpc) is 3.02. The summed E-state index contributed by atoms with van der Waals surface area (Å²) in [6.45, 7) is 1.06. The number of amides is 1. The average molecular weight is 326 g/mol. The molecule has 2 aromatic rings. The normalized spacial score (nSPS) is 11.5. The summed E-state index contributed by atoms with van der Waals surface area (Å²) in [5.41, 5.74) is 5.14. The third-order valence-electron chi connectivity index (χ3n) is 3.17. The Labute approximate surface area is 131 Å². The third kappa shape index (κ3) is 4.56. The smallest absolute Gasteiger partial charge is 0.352 e. The van der Waals surface area contributed by atoms with Crippen LogP contribution in [0.4, 0.5) is 13.2 Å². The second-order valence-electron chi connectivity index (χ2n) is 4.95. The third-order valence-corrected chi connectivity index (χ3v) is 3.17. The highest BCUT2D eigenvalue weighted by Gasteiger charge is 2.33. The number of nitrogens with two attached hydrogens (primary N) is 1. The minimum atomic E-state index is -4.50. The molecule has 0 radical (unpaired) electrons. The van der Waals surface area contributed by atoms with E-state index in [0.29, 0.717) is 24.3 Å². The molecule has 124 valence electrons. The Morgan fingerprint density at radius 3 is 2.70 bits per heavy atom. The van der Waals surface area contributed by atoms with Crippen LogP contribution in [0.2, 0.25) is 0 Å². The van der Waals surface area contributed by atoms with Crippen molar-refractivity contribution in [2.24, 2.45) is 5.73 Å². The minimum absolute atomic E-state index is 0.285. The highest BCUT2D eigenvalue weighted by Crippen LogP contribution is 2.27. The summed E-state index contributed by atoms with van der Waals surface area (Å²) >= 11 is 0. The molecule has 1 aromatic carbocycles. The van der Waals surface area contributed by atoms with Crippen LogP contribution >= 0.6 is 0 Å². The molecule has 1 heterocycles. The number of unbranched alkanes of at least 4 members (excludes halogenated alkanes) is 1. The fraction of sp³-hybridized carbons (Fsp3) is 0.333. The van der Waals surface area contributed by atoms with Crippen molar-refractivity contribution in [1.82, 2.24) is 15.1 Å². The molecular formula is C15H17F3N4O. The number of rotatable bonds is 6. The van der Waals surface area contributed by atoms with Crippen molar-refractivity contribution >= 4 is 5.91 Å². The molecule has 0 saturated heterocycles. The van der Waals surface area contributed by atoms with E-state index < -0.39 is 11.9 Å². The van der Waals surface area contributed by atoms with Crippen molar-refractivity contribution in [2.75, 3.05) is 13.1 Å². The summed E-state index contributed by atoms with van der Waals surface area (Å²) in [5.74, 6) is -0.285. The van der Waals surface area contributed by atoms with Gasteiger partial charge in [-0.15, -0.1) is 0 Å². The van der Waals surface area contributed by atoms with Gasteiger partial charge in [-0.05, 0) is 43.7 Å². The van der Waals surface area contributed by atoms with Gasteiger partial charge in [0.1, 0.15) is 0 Å². The summed E-state index contributed by atoms with van der Waals surface area (Å²) in [4.78, 5) is 12.0. The Balaban J connectivity index is 2.10. The highest BCUT2D eigenvalue weighted by molar-refractivity contribution is 5.94. The Kier molecular flexibility index (Phi) is 5.38. The van der Waals surface area contributed by atoms with Gasteiger partial charge in [0.05, 0.1) is 5.69 Å². The van der Waals surface area contributed by atoms with Crippen LogP contribution in [0.1, 0.15) is 28.9 Å². The van der Waals surface area contributed by atoms with E-state index in [1.165, 1.54) is 12.3 Å². The van der Waals surface area contributed by atoms with Gasteiger partial charge in [0, 0.05) is 18.3 Å². The maximum absolute atomic E-state index is 12.6. The topological polar surface area (TPSA) is 72.9 Å². The molecule has 5 nitrogen and oxygen atoms in total. The maximum Gasteiger partial charge on any atom is 0.435 e. The minimum Gasteiger partial charge on any atom is -0.352 e. The number of carbonyl (C=O) groups is 1. The van der Waals surface area contributed by atoms with Gasteiger partial charge in [-0.2, -0.15) is 18.3 Å². The lowest BCUT2D eigenvalue weighted by atomic mass is 10.2. The van der Waals surface area contributed by atoms with E-state index in [0.717, 1.165) is 23.6 Å². The Hall–Kier alpha value is -2.35. The van der Waals surface area contributed by atoms with Gasteiger partial charge in [-0.3, -0.25) is 4.79 Å². The number of aromatic nitrogens is 2. The maximum atomic E-state index is 12.6. The summed E-state index contributed by atoms with van der Waals surface area (Å²) in [7, 11) is 0. The highest BCUT2D eigenvalue weighted by atomic mass is 19.4. The predicted molar refractivity (Wildman–Crippen MR) is 79.2 cm³/mol. The van der Waals surface area contributed by atoms with Crippen LogP contribution in [0.3, 0.4) is 0 Å². The lowest BCUT2D eigenvalue weighted by Gasteiger charge is -2.07. The van der Waals surface area contributed by atoms with Crippen LogP contribution in [-0.4, -0.2) is 28.8 Å². The van der Waals surface area contributed by atoms with Gasteiger partial charge in [-0.1, -0.05) is 6.07 Å². The monoisotopic (exact) mass is 326 g/mol. The molecule has 23 heavy (non-hydrogen) atoms. The number of nitrogens with zero attached hydrogens (tertiary/aromatic N) is 2. The zero-order chi connectivity index (χ0) is 16.9. The number of benzene rings is 1. The summed E-state index contributed by atoms with van der Waals surface area (Å²) in [6.07, 6.45) is -1.70. The second kappa shape index (κ2) is 7.28. The van der Waals surface area contributed by atoms with Gasteiger partial charge in [0.15, 0.2) is 5.69 Å². The first-order valence-electron chi connectivity index (χ1n) is 7.13. The molecular weight excluding hydrogens is 309 g/mol. The molecule has 0 bridgehead atoms. The van der Waals surface area contributed by atoms with Gasteiger partial charge in [0.2, 0.25) is 0 Å². The van der Waals surface area contributed by atoms with Gasteiger partial charge in [0.25, 0.3) is 5.91 Å². The number of nitrogens with one attached hydrogen (secondary N) is 1. The first-order chi connectivity index (χ1) is 10.9. The van der Waals surface area contributed by atoms with E-state index in [-0.39, 0.29) is 5.91 Å². The molecule has 0 aliphatic carbocycles. The molecule has 1 amide bonds. The fourth-order valence-electron chi connectivity index (χ4n) is 1.98. The zero-order valence-corrected chi connectivity index (χ0v) is 12.3. The van der Waals surface area contributed by atoms with E-state index in [1.807, 2.05) is 0 Å². The van der Waals surface area contributed by atoms with E-state index >= 15 is 0 Å². The first-order valence-corrected chi connectivity index (χ1v) is 7.13. The number of carbonyl (C=O) groups excluding carboxylic acids is 1.